The number of fused-ring (bicyclic) bond motifs is 2. The molecule has 0 aromatic heterocycles. The Kier molecular flexibility index (Phi) is 3.93. The molecule has 2 fully saturated rings. The smallest absolute Gasteiger partial charge is 0.319 e. The summed E-state index contributed by atoms with van der Waals surface area (Å²) < 4.78 is 34.3. The lowest BCUT2D eigenvalue weighted by molar-refractivity contribution is -0.202. The van der Waals surface area contributed by atoms with Crippen LogP contribution in [0.3, 0.4) is 0 Å². The second-order valence-electron chi connectivity index (χ2n) is 6.32. The fourth-order valence-corrected chi connectivity index (χ4v) is 3.84. The number of hydrogen-bond donors (Lipinski definition) is 0. The summed E-state index contributed by atoms with van der Waals surface area (Å²) in [6, 6.07) is 9.75. The molecule has 3 nitrogen and oxygen atoms in total. The van der Waals surface area contributed by atoms with E-state index in [9.17, 15) is 13.6 Å². The van der Waals surface area contributed by atoms with Crippen LogP contribution in [0.15, 0.2) is 30.3 Å². The van der Waals surface area contributed by atoms with Crippen LogP contribution in [0.1, 0.15) is 25.3 Å². The second-order valence-corrected chi connectivity index (χ2v) is 6.32. The monoisotopic (exact) mass is 309 g/mol. The van der Waals surface area contributed by atoms with E-state index in [0.29, 0.717) is 19.5 Å². The van der Waals surface area contributed by atoms with E-state index in [1.165, 1.54) is 0 Å². The maximum Gasteiger partial charge on any atom is 0.319 e. The molecule has 1 aromatic carbocycles. The van der Waals surface area contributed by atoms with E-state index in [1.54, 1.807) is 6.92 Å². The minimum Gasteiger partial charge on any atom is -0.465 e. The molecule has 1 aliphatic heterocycles. The Morgan fingerprint density at radius 2 is 2.09 bits per heavy atom. The summed E-state index contributed by atoms with van der Waals surface area (Å²) in [7, 11) is 0. The summed E-state index contributed by atoms with van der Waals surface area (Å²) in [6.45, 7) is 2.80. The van der Waals surface area contributed by atoms with Crippen molar-refractivity contribution in [2.45, 2.75) is 32.2 Å². The van der Waals surface area contributed by atoms with Gasteiger partial charge in [-0.25, -0.2) is 8.78 Å². The van der Waals surface area contributed by atoms with E-state index < -0.39 is 23.2 Å². The lowest BCUT2D eigenvalue weighted by Gasteiger charge is -2.44. The molecule has 2 bridgehead atoms. The van der Waals surface area contributed by atoms with Crippen molar-refractivity contribution in [2.24, 2.45) is 11.3 Å². The summed E-state index contributed by atoms with van der Waals surface area (Å²) >= 11 is 0. The standard InChI is InChI=1S/C17H21F2NO2/c1-2-22-15(21)16-9-8-14(17(16,18)19)11-20(12-16)10-13-6-4-3-5-7-13/h3-7,14H,2,8-12H2,1H3/t14-,16+/m1/s1. The van der Waals surface area contributed by atoms with Crippen LogP contribution in [0.25, 0.3) is 0 Å². The predicted molar refractivity (Wildman–Crippen MR) is 78.5 cm³/mol. The van der Waals surface area contributed by atoms with Gasteiger partial charge in [0.15, 0.2) is 0 Å². The molecule has 1 aromatic rings. The number of carbonyl (C=O) groups excluding carboxylic acids is 1. The zero-order valence-electron chi connectivity index (χ0n) is 12.7. The maximum atomic E-state index is 14.7. The number of esters is 1. The summed E-state index contributed by atoms with van der Waals surface area (Å²) in [6.07, 6.45) is 0.603. The highest BCUT2D eigenvalue weighted by Gasteiger charge is 2.70. The lowest BCUT2D eigenvalue weighted by Crippen LogP contribution is -2.59. The Hall–Kier alpha value is -1.49. The first-order valence-electron chi connectivity index (χ1n) is 7.81. The minimum atomic E-state index is -2.97. The highest BCUT2D eigenvalue weighted by atomic mass is 19.3. The molecule has 2 aliphatic rings. The average Bonchev–Trinajstić information content (AvgIpc) is 2.65. The second kappa shape index (κ2) is 5.61. The van der Waals surface area contributed by atoms with E-state index in [4.69, 9.17) is 4.74 Å². The molecule has 5 heteroatoms. The summed E-state index contributed by atoms with van der Waals surface area (Å²) in [4.78, 5) is 14.2. The fourth-order valence-electron chi connectivity index (χ4n) is 3.84. The minimum absolute atomic E-state index is 0.0736. The van der Waals surface area contributed by atoms with Gasteiger partial charge < -0.3 is 4.74 Å². The third-order valence-electron chi connectivity index (χ3n) is 4.96. The van der Waals surface area contributed by atoms with Gasteiger partial charge in [0.25, 0.3) is 5.92 Å². The van der Waals surface area contributed by atoms with Crippen LogP contribution in [-0.4, -0.2) is 36.5 Å². The number of halogens is 2. The number of ether oxygens (including phenoxy) is 1. The van der Waals surface area contributed by atoms with Crippen molar-refractivity contribution in [2.75, 3.05) is 19.7 Å². The van der Waals surface area contributed by atoms with E-state index in [2.05, 4.69) is 0 Å². The number of nitrogens with zero attached hydrogens (tertiary/aromatic N) is 1. The molecule has 0 radical (unpaired) electrons. The van der Waals surface area contributed by atoms with Crippen molar-refractivity contribution in [1.29, 1.82) is 0 Å². The van der Waals surface area contributed by atoms with Gasteiger partial charge in [-0.2, -0.15) is 0 Å². The summed E-state index contributed by atoms with van der Waals surface area (Å²) in [5.74, 6) is -4.46. The van der Waals surface area contributed by atoms with Crippen molar-refractivity contribution in [3.05, 3.63) is 35.9 Å². The molecule has 0 unspecified atom stereocenters. The van der Waals surface area contributed by atoms with Gasteiger partial charge in [0, 0.05) is 25.6 Å². The predicted octanol–water partition coefficient (Wildman–Crippen LogP) is 3.10. The fraction of sp³-hybridized carbons (Fsp3) is 0.588. The molecule has 1 saturated heterocycles. The summed E-state index contributed by atoms with van der Waals surface area (Å²) in [5, 5.41) is 0. The first kappa shape index (κ1) is 15.4. The summed E-state index contributed by atoms with van der Waals surface area (Å²) in [5.41, 5.74) is -0.591. The largest absolute Gasteiger partial charge is 0.465 e. The Bertz CT molecular complexity index is 549. The number of carbonyl (C=O) groups is 1. The van der Waals surface area contributed by atoms with Crippen LogP contribution in [0.2, 0.25) is 0 Å². The first-order chi connectivity index (χ1) is 10.5. The van der Waals surface area contributed by atoms with Crippen LogP contribution in [0.5, 0.6) is 0 Å². The van der Waals surface area contributed by atoms with Gasteiger partial charge in [-0.3, -0.25) is 9.69 Å². The van der Waals surface area contributed by atoms with Crippen LogP contribution >= 0.6 is 0 Å². The van der Waals surface area contributed by atoms with E-state index in [1.807, 2.05) is 35.2 Å². The van der Waals surface area contributed by atoms with Crippen molar-refractivity contribution in [3.63, 3.8) is 0 Å². The van der Waals surface area contributed by atoms with Crippen molar-refractivity contribution < 1.29 is 18.3 Å². The quantitative estimate of drug-likeness (QED) is 0.801. The number of piperidine rings is 1. The van der Waals surface area contributed by atoms with E-state index >= 15 is 0 Å². The van der Waals surface area contributed by atoms with Crippen LogP contribution in [-0.2, 0) is 16.1 Å². The van der Waals surface area contributed by atoms with Crippen LogP contribution < -0.4 is 0 Å². The SMILES string of the molecule is CCOC(=O)[C@]12CC[C@H](CN(Cc3ccccc3)C1)C2(F)F. The van der Waals surface area contributed by atoms with E-state index in [-0.39, 0.29) is 19.6 Å². The molecule has 22 heavy (non-hydrogen) atoms. The number of benzene rings is 1. The lowest BCUT2D eigenvalue weighted by atomic mass is 9.78. The zero-order chi connectivity index (χ0) is 15.8. The number of rotatable bonds is 4. The van der Waals surface area contributed by atoms with Crippen molar-refractivity contribution >= 4 is 5.97 Å². The van der Waals surface area contributed by atoms with Gasteiger partial charge in [-0.05, 0) is 25.3 Å². The topological polar surface area (TPSA) is 29.5 Å². The third kappa shape index (κ3) is 2.32. The Morgan fingerprint density at radius 3 is 2.77 bits per heavy atom. The normalized spacial score (nSPS) is 30.2. The number of hydrogen-bond acceptors (Lipinski definition) is 3. The third-order valence-corrected chi connectivity index (χ3v) is 4.96. The molecule has 3 rings (SSSR count). The van der Waals surface area contributed by atoms with Gasteiger partial charge in [0.05, 0.1) is 6.61 Å². The van der Waals surface area contributed by atoms with Crippen molar-refractivity contribution in [1.82, 2.24) is 4.90 Å². The molecule has 0 amide bonds. The highest BCUT2D eigenvalue weighted by Crippen LogP contribution is 2.57. The Labute approximate surface area is 129 Å². The van der Waals surface area contributed by atoms with E-state index in [0.717, 1.165) is 5.56 Å². The zero-order valence-corrected chi connectivity index (χ0v) is 12.7. The molecule has 0 spiro atoms. The highest BCUT2D eigenvalue weighted by molar-refractivity contribution is 5.79. The van der Waals surface area contributed by atoms with Gasteiger partial charge in [-0.15, -0.1) is 0 Å². The molecule has 1 saturated carbocycles. The van der Waals surface area contributed by atoms with Gasteiger partial charge in [0.1, 0.15) is 5.41 Å². The molecular weight excluding hydrogens is 288 g/mol. The molecule has 2 atom stereocenters. The maximum absolute atomic E-state index is 14.7. The first-order valence-corrected chi connectivity index (χ1v) is 7.81. The van der Waals surface area contributed by atoms with Gasteiger partial charge >= 0.3 is 5.97 Å². The molecule has 1 heterocycles. The van der Waals surface area contributed by atoms with Crippen LogP contribution in [0.4, 0.5) is 8.78 Å². The molecule has 120 valence electrons. The Morgan fingerprint density at radius 1 is 1.36 bits per heavy atom. The molecule has 0 N–H and O–H groups in total. The van der Waals surface area contributed by atoms with Gasteiger partial charge in [-0.1, -0.05) is 30.3 Å². The molecule has 1 aliphatic carbocycles. The molecular formula is C17H21F2NO2. The van der Waals surface area contributed by atoms with Crippen LogP contribution in [0, 0.1) is 11.3 Å². The number of alkyl halides is 2. The van der Waals surface area contributed by atoms with Crippen molar-refractivity contribution in [3.8, 4) is 0 Å². The van der Waals surface area contributed by atoms with Gasteiger partial charge in [0.2, 0.25) is 0 Å². The average molecular weight is 309 g/mol. The number of likely N-dealkylation sites (tertiary alicyclic amines) is 1. The Balaban J connectivity index is 1.83.